The SMILES string of the molecule is COc1ccccc1-c1nc(-c2ccccc2)c(C)[n+](C)c1-c1c(C)cccc1CO. The first-order valence-corrected chi connectivity index (χ1v) is 10.4. The molecule has 156 valence electrons. The molecule has 0 saturated heterocycles. The minimum Gasteiger partial charge on any atom is -0.496 e. The Kier molecular flexibility index (Phi) is 5.83. The van der Waals surface area contributed by atoms with Crippen LogP contribution in [0.1, 0.15) is 16.8 Å². The van der Waals surface area contributed by atoms with Gasteiger partial charge in [0.15, 0.2) is 0 Å². The van der Waals surface area contributed by atoms with Crippen molar-refractivity contribution in [2.75, 3.05) is 7.11 Å². The van der Waals surface area contributed by atoms with E-state index in [0.717, 1.165) is 56.3 Å². The predicted octanol–water partition coefficient (Wildman–Crippen LogP) is 5.02. The Labute approximate surface area is 183 Å². The van der Waals surface area contributed by atoms with Crippen molar-refractivity contribution < 1.29 is 14.4 Å². The van der Waals surface area contributed by atoms with Crippen molar-refractivity contribution in [3.63, 3.8) is 0 Å². The standard InChI is InChI=1S/C27H27N2O2/c1-18-11-10-14-21(17-30)24(18)27-26(22-15-8-9-16-23(22)31-4)28-25(19(2)29(27)3)20-12-6-5-7-13-20/h5-16,30H,17H2,1-4H3/q+1. The summed E-state index contributed by atoms with van der Waals surface area (Å²) in [6.07, 6.45) is 0. The van der Waals surface area contributed by atoms with Crippen molar-refractivity contribution >= 4 is 0 Å². The number of benzene rings is 3. The maximum atomic E-state index is 10.1. The molecule has 0 amide bonds. The lowest BCUT2D eigenvalue weighted by Gasteiger charge is -2.17. The van der Waals surface area contributed by atoms with Crippen LogP contribution in [0.5, 0.6) is 5.75 Å². The van der Waals surface area contributed by atoms with Gasteiger partial charge in [0, 0.05) is 18.1 Å². The molecular weight excluding hydrogens is 384 g/mol. The van der Waals surface area contributed by atoms with Crippen molar-refractivity contribution in [2.45, 2.75) is 20.5 Å². The second kappa shape index (κ2) is 8.70. The van der Waals surface area contributed by atoms with Crippen LogP contribution in [0.3, 0.4) is 0 Å². The molecule has 0 spiro atoms. The highest BCUT2D eigenvalue weighted by Crippen LogP contribution is 2.38. The van der Waals surface area contributed by atoms with E-state index in [1.807, 2.05) is 54.6 Å². The molecule has 1 heterocycles. The van der Waals surface area contributed by atoms with Gasteiger partial charge in [-0.15, -0.1) is 0 Å². The fourth-order valence-electron chi connectivity index (χ4n) is 4.11. The molecule has 0 radical (unpaired) electrons. The third kappa shape index (κ3) is 3.71. The zero-order valence-corrected chi connectivity index (χ0v) is 18.4. The maximum absolute atomic E-state index is 10.1. The molecule has 0 bridgehead atoms. The monoisotopic (exact) mass is 411 g/mol. The molecule has 0 saturated carbocycles. The number of aromatic nitrogens is 2. The van der Waals surface area contributed by atoms with Crippen molar-refractivity contribution in [1.82, 2.24) is 4.98 Å². The number of aryl methyl sites for hydroxylation is 1. The highest BCUT2D eigenvalue weighted by atomic mass is 16.5. The molecular formula is C27H27N2O2+. The Hall–Kier alpha value is -3.50. The highest BCUT2D eigenvalue weighted by molar-refractivity contribution is 5.83. The van der Waals surface area contributed by atoms with Gasteiger partial charge in [0.05, 0.1) is 19.3 Å². The third-order valence-electron chi connectivity index (χ3n) is 5.80. The number of hydrogen-bond acceptors (Lipinski definition) is 3. The molecule has 3 aromatic carbocycles. The number of para-hydroxylation sites is 1. The molecule has 0 aliphatic rings. The maximum Gasteiger partial charge on any atom is 0.239 e. The molecule has 4 nitrogen and oxygen atoms in total. The van der Waals surface area contributed by atoms with Gasteiger partial charge in [-0.2, -0.15) is 4.57 Å². The third-order valence-corrected chi connectivity index (χ3v) is 5.80. The molecule has 0 unspecified atom stereocenters. The summed E-state index contributed by atoms with van der Waals surface area (Å²) in [6.45, 7) is 4.12. The molecule has 0 aliphatic carbocycles. The Bertz CT molecular complexity index is 1230. The minimum absolute atomic E-state index is 0.0398. The fourth-order valence-corrected chi connectivity index (χ4v) is 4.11. The summed E-state index contributed by atoms with van der Waals surface area (Å²) >= 11 is 0. The van der Waals surface area contributed by atoms with Gasteiger partial charge < -0.3 is 9.84 Å². The lowest BCUT2D eigenvalue weighted by molar-refractivity contribution is -0.666. The van der Waals surface area contributed by atoms with E-state index >= 15 is 0 Å². The Morgan fingerprint density at radius 1 is 0.871 bits per heavy atom. The molecule has 0 fully saturated rings. The van der Waals surface area contributed by atoms with Crippen molar-refractivity contribution in [1.29, 1.82) is 0 Å². The smallest absolute Gasteiger partial charge is 0.239 e. The molecule has 0 atom stereocenters. The van der Waals surface area contributed by atoms with Gasteiger partial charge in [0.25, 0.3) is 0 Å². The van der Waals surface area contributed by atoms with E-state index in [-0.39, 0.29) is 6.61 Å². The van der Waals surface area contributed by atoms with Crippen LogP contribution in [0.25, 0.3) is 33.8 Å². The molecule has 4 heteroatoms. The van der Waals surface area contributed by atoms with Crippen LogP contribution in [-0.2, 0) is 13.7 Å². The van der Waals surface area contributed by atoms with E-state index in [2.05, 4.69) is 43.7 Å². The summed E-state index contributed by atoms with van der Waals surface area (Å²) in [5, 5.41) is 10.1. The number of nitrogens with zero attached hydrogens (tertiary/aromatic N) is 2. The van der Waals surface area contributed by atoms with E-state index in [0.29, 0.717) is 0 Å². The van der Waals surface area contributed by atoms with E-state index in [9.17, 15) is 5.11 Å². The summed E-state index contributed by atoms with van der Waals surface area (Å²) in [5.74, 6) is 0.762. The summed E-state index contributed by atoms with van der Waals surface area (Å²) in [6, 6.07) is 24.2. The number of rotatable bonds is 5. The number of ether oxygens (including phenoxy) is 1. The molecule has 1 N–H and O–H groups in total. The van der Waals surface area contributed by atoms with E-state index in [4.69, 9.17) is 9.72 Å². The lowest BCUT2D eigenvalue weighted by atomic mass is 9.94. The van der Waals surface area contributed by atoms with Crippen LogP contribution in [0.2, 0.25) is 0 Å². The second-order valence-corrected chi connectivity index (χ2v) is 7.64. The second-order valence-electron chi connectivity index (χ2n) is 7.64. The Balaban J connectivity index is 2.14. The van der Waals surface area contributed by atoms with Gasteiger partial charge in [-0.1, -0.05) is 60.7 Å². The van der Waals surface area contributed by atoms with Crippen molar-refractivity contribution in [3.05, 3.63) is 89.6 Å². The molecule has 0 aliphatic heterocycles. The highest BCUT2D eigenvalue weighted by Gasteiger charge is 2.29. The van der Waals surface area contributed by atoms with E-state index in [1.54, 1.807) is 7.11 Å². The van der Waals surface area contributed by atoms with Gasteiger partial charge in [0.2, 0.25) is 11.4 Å². The van der Waals surface area contributed by atoms with Gasteiger partial charge in [-0.3, -0.25) is 0 Å². The van der Waals surface area contributed by atoms with Crippen molar-refractivity contribution in [3.8, 4) is 39.5 Å². The molecule has 1 aromatic heterocycles. The quantitative estimate of drug-likeness (QED) is 0.469. The van der Waals surface area contributed by atoms with Crippen LogP contribution < -0.4 is 9.30 Å². The summed E-state index contributed by atoms with van der Waals surface area (Å²) in [4.78, 5) is 5.19. The first-order chi connectivity index (χ1) is 15.1. The zero-order valence-electron chi connectivity index (χ0n) is 18.4. The van der Waals surface area contributed by atoms with Gasteiger partial charge in [-0.25, -0.2) is 4.98 Å². The number of hydrogen-bond donors (Lipinski definition) is 1. The molecule has 4 rings (SSSR count). The van der Waals surface area contributed by atoms with Crippen LogP contribution in [0.15, 0.2) is 72.8 Å². The first kappa shape index (κ1) is 20.8. The summed E-state index contributed by atoms with van der Waals surface area (Å²) in [7, 11) is 3.74. The van der Waals surface area contributed by atoms with Crippen molar-refractivity contribution in [2.24, 2.45) is 7.05 Å². The Morgan fingerprint density at radius 3 is 2.29 bits per heavy atom. The van der Waals surface area contributed by atoms with Crippen LogP contribution in [0.4, 0.5) is 0 Å². The minimum atomic E-state index is -0.0398. The summed E-state index contributed by atoms with van der Waals surface area (Å²) < 4.78 is 7.87. The van der Waals surface area contributed by atoms with E-state index < -0.39 is 0 Å². The van der Waals surface area contributed by atoms with Crippen LogP contribution in [0, 0.1) is 13.8 Å². The average molecular weight is 412 g/mol. The van der Waals surface area contributed by atoms with Crippen LogP contribution >= 0.6 is 0 Å². The van der Waals surface area contributed by atoms with Gasteiger partial charge >= 0.3 is 0 Å². The number of aliphatic hydroxyl groups excluding tert-OH is 1. The summed E-state index contributed by atoms with van der Waals surface area (Å²) in [5.41, 5.74) is 8.71. The van der Waals surface area contributed by atoms with Crippen LogP contribution in [-0.4, -0.2) is 17.2 Å². The number of aliphatic hydroxyl groups is 1. The molecule has 31 heavy (non-hydrogen) atoms. The lowest BCUT2D eigenvalue weighted by Crippen LogP contribution is -2.37. The number of methoxy groups -OCH3 is 1. The Morgan fingerprint density at radius 2 is 1.58 bits per heavy atom. The first-order valence-electron chi connectivity index (χ1n) is 10.4. The largest absolute Gasteiger partial charge is 0.496 e. The topological polar surface area (TPSA) is 46.2 Å². The predicted molar refractivity (Wildman–Crippen MR) is 124 cm³/mol. The zero-order chi connectivity index (χ0) is 22.0. The van der Waals surface area contributed by atoms with E-state index in [1.165, 1.54) is 0 Å². The fraction of sp³-hybridized carbons (Fsp3) is 0.185. The van der Waals surface area contributed by atoms with Gasteiger partial charge in [-0.05, 0) is 30.2 Å². The molecule has 4 aromatic rings. The van der Waals surface area contributed by atoms with Gasteiger partial charge in [0.1, 0.15) is 24.2 Å². The normalized spacial score (nSPS) is 10.9. The average Bonchev–Trinajstić information content (AvgIpc) is 2.81.